The summed E-state index contributed by atoms with van der Waals surface area (Å²) in [5.41, 5.74) is -0.875. The lowest BCUT2D eigenvalue weighted by molar-refractivity contribution is -0.312. The standard InChI is InChI=1S/C17H12F6O3/c1-9(14(25)26-15(16(18,19)20)17(21,22)23)13(24)12-7-6-10-4-2-3-5-11(10)8-12/h2-8,13,15,24H,1H2/t13-/m1/s1. The maximum Gasteiger partial charge on any atom is 0.434 e. The highest BCUT2D eigenvalue weighted by atomic mass is 19.4. The largest absolute Gasteiger partial charge is 0.439 e. The molecule has 0 radical (unpaired) electrons. The second-order valence-corrected chi connectivity index (χ2v) is 5.40. The quantitative estimate of drug-likeness (QED) is 0.485. The molecule has 0 heterocycles. The van der Waals surface area contributed by atoms with Crippen LogP contribution in [0.3, 0.4) is 0 Å². The molecule has 1 N–H and O–H groups in total. The number of hydrogen-bond acceptors (Lipinski definition) is 3. The lowest BCUT2D eigenvalue weighted by Crippen LogP contribution is -2.45. The lowest BCUT2D eigenvalue weighted by Gasteiger charge is -2.24. The first-order valence-electron chi connectivity index (χ1n) is 7.11. The third-order valence-corrected chi connectivity index (χ3v) is 3.50. The van der Waals surface area contributed by atoms with E-state index in [1.54, 1.807) is 30.3 Å². The van der Waals surface area contributed by atoms with Crippen molar-refractivity contribution in [3.63, 3.8) is 0 Å². The molecule has 9 heteroatoms. The second kappa shape index (κ2) is 6.99. The van der Waals surface area contributed by atoms with Gasteiger partial charge in [0.25, 0.3) is 6.10 Å². The van der Waals surface area contributed by atoms with Crippen LogP contribution in [0.4, 0.5) is 26.3 Å². The van der Waals surface area contributed by atoms with E-state index in [9.17, 15) is 36.2 Å². The molecule has 0 saturated carbocycles. The van der Waals surface area contributed by atoms with Gasteiger partial charge in [-0.1, -0.05) is 43.0 Å². The first kappa shape index (κ1) is 19.8. The Balaban J connectivity index is 2.21. The number of halogens is 6. The van der Waals surface area contributed by atoms with E-state index in [0.717, 1.165) is 5.39 Å². The van der Waals surface area contributed by atoms with Gasteiger partial charge in [0, 0.05) is 0 Å². The van der Waals surface area contributed by atoms with Gasteiger partial charge < -0.3 is 9.84 Å². The molecule has 140 valence electrons. The van der Waals surface area contributed by atoms with Crippen molar-refractivity contribution >= 4 is 16.7 Å². The summed E-state index contributed by atoms with van der Waals surface area (Å²) in [6, 6.07) is 11.3. The first-order valence-corrected chi connectivity index (χ1v) is 7.11. The summed E-state index contributed by atoms with van der Waals surface area (Å²) in [7, 11) is 0. The van der Waals surface area contributed by atoms with Crippen LogP contribution >= 0.6 is 0 Å². The van der Waals surface area contributed by atoms with E-state index in [4.69, 9.17) is 0 Å². The van der Waals surface area contributed by atoms with Gasteiger partial charge in [-0.2, -0.15) is 26.3 Å². The number of esters is 1. The minimum absolute atomic E-state index is 0.0706. The summed E-state index contributed by atoms with van der Waals surface area (Å²) in [5.74, 6) is -2.00. The number of ether oxygens (including phenoxy) is 1. The first-order chi connectivity index (χ1) is 11.9. The van der Waals surface area contributed by atoms with Crippen molar-refractivity contribution in [1.29, 1.82) is 0 Å². The highest BCUT2D eigenvalue weighted by molar-refractivity contribution is 5.90. The minimum Gasteiger partial charge on any atom is -0.439 e. The lowest BCUT2D eigenvalue weighted by atomic mass is 9.99. The topological polar surface area (TPSA) is 46.5 Å². The Morgan fingerprint density at radius 2 is 1.50 bits per heavy atom. The maximum absolute atomic E-state index is 12.4. The highest BCUT2D eigenvalue weighted by Gasteiger charge is 2.60. The van der Waals surface area contributed by atoms with Crippen LogP contribution < -0.4 is 0 Å². The Labute approximate surface area is 143 Å². The predicted molar refractivity (Wildman–Crippen MR) is 80.0 cm³/mol. The molecule has 0 unspecified atom stereocenters. The van der Waals surface area contributed by atoms with Gasteiger partial charge in [0.15, 0.2) is 0 Å². The zero-order valence-corrected chi connectivity index (χ0v) is 12.9. The Kier molecular flexibility index (Phi) is 5.31. The number of alkyl halides is 6. The van der Waals surface area contributed by atoms with Gasteiger partial charge in [-0.3, -0.25) is 0 Å². The summed E-state index contributed by atoms with van der Waals surface area (Å²) in [4.78, 5) is 11.6. The summed E-state index contributed by atoms with van der Waals surface area (Å²) in [6.07, 6.45) is -17.8. The maximum atomic E-state index is 12.4. The number of hydrogen-bond donors (Lipinski definition) is 1. The molecule has 3 nitrogen and oxygen atoms in total. The van der Waals surface area contributed by atoms with E-state index in [0.29, 0.717) is 5.39 Å². The average Bonchev–Trinajstić information content (AvgIpc) is 2.55. The predicted octanol–water partition coefficient (Wildman–Crippen LogP) is 4.47. The SMILES string of the molecule is C=C(C(=O)OC(C(F)(F)F)C(F)(F)F)[C@@H](O)c1ccc2ccccc2c1. The van der Waals surface area contributed by atoms with Gasteiger partial charge in [-0.15, -0.1) is 0 Å². The third kappa shape index (κ3) is 4.34. The highest BCUT2D eigenvalue weighted by Crippen LogP contribution is 2.36. The number of benzene rings is 2. The zero-order valence-electron chi connectivity index (χ0n) is 12.9. The van der Waals surface area contributed by atoms with E-state index in [2.05, 4.69) is 11.3 Å². The van der Waals surface area contributed by atoms with Gasteiger partial charge in [-0.25, -0.2) is 4.79 Å². The number of carbonyl (C=O) groups is 1. The second-order valence-electron chi connectivity index (χ2n) is 5.40. The number of aliphatic hydroxyl groups is 1. The smallest absolute Gasteiger partial charge is 0.434 e. The van der Waals surface area contributed by atoms with Gasteiger partial charge in [-0.05, 0) is 22.4 Å². The summed E-state index contributed by atoms with van der Waals surface area (Å²) < 4.78 is 78.2. The van der Waals surface area contributed by atoms with E-state index >= 15 is 0 Å². The minimum atomic E-state index is -5.85. The van der Waals surface area contributed by atoms with Crippen molar-refractivity contribution in [2.45, 2.75) is 24.6 Å². The Bertz CT molecular complexity index is 811. The monoisotopic (exact) mass is 378 g/mol. The normalized spacial score (nSPS) is 13.7. The van der Waals surface area contributed by atoms with E-state index in [1.165, 1.54) is 12.1 Å². The molecular formula is C17H12F6O3. The molecule has 0 aliphatic carbocycles. The molecule has 1 atom stereocenters. The van der Waals surface area contributed by atoms with Crippen LogP contribution in [-0.4, -0.2) is 29.5 Å². The van der Waals surface area contributed by atoms with Gasteiger partial charge in [0.2, 0.25) is 0 Å². The molecule has 26 heavy (non-hydrogen) atoms. The van der Waals surface area contributed by atoms with Crippen molar-refractivity contribution in [3.8, 4) is 0 Å². The fourth-order valence-electron chi connectivity index (χ4n) is 2.19. The van der Waals surface area contributed by atoms with Crippen LogP contribution in [0.15, 0.2) is 54.6 Å². The molecule has 0 aromatic heterocycles. The number of aliphatic hydroxyl groups excluding tert-OH is 1. The number of carbonyl (C=O) groups excluding carboxylic acids is 1. The molecule has 0 aliphatic rings. The third-order valence-electron chi connectivity index (χ3n) is 3.50. The molecular weight excluding hydrogens is 366 g/mol. The van der Waals surface area contributed by atoms with Gasteiger partial charge >= 0.3 is 18.3 Å². The Hall–Kier alpha value is -2.55. The molecule has 0 saturated heterocycles. The van der Waals surface area contributed by atoms with Crippen molar-refractivity contribution in [1.82, 2.24) is 0 Å². The zero-order chi connectivity index (χ0) is 19.7. The van der Waals surface area contributed by atoms with E-state index in [1.807, 2.05) is 0 Å². The molecule has 2 rings (SSSR count). The van der Waals surface area contributed by atoms with Crippen molar-refractivity contribution in [2.75, 3.05) is 0 Å². The van der Waals surface area contributed by atoms with Crippen molar-refractivity contribution < 1.29 is 41.0 Å². The van der Waals surface area contributed by atoms with Crippen molar-refractivity contribution in [3.05, 3.63) is 60.2 Å². The fraction of sp³-hybridized carbons (Fsp3) is 0.235. The fourth-order valence-corrected chi connectivity index (χ4v) is 2.19. The molecule has 0 fully saturated rings. The molecule has 2 aromatic carbocycles. The molecule has 0 aliphatic heterocycles. The van der Waals surface area contributed by atoms with Crippen LogP contribution in [0.25, 0.3) is 10.8 Å². The van der Waals surface area contributed by atoms with Crippen LogP contribution in [0.5, 0.6) is 0 Å². The Morgan fingerprint density at radius 3 is 2.04 bits per heavy atom. The number of fused-ring (bicyclic) bond motifs is 1. The Morgan fingerprint density at radius 1 is 0.962 bits per heavy atom. The molecule has 0 amide bonds. The molecule has 2 aromatic rings. The van der Waals surface area contributed by atoms with Gasteiger partial charge in [0.1, 0.15) is 6.10 Å². The summed E-state index contributed by atoms with van der Waals surface area (Å²) in [5, 5.41) is 11.5. The van der Waals surface area contributed by atoms with E-state index in [-0.39, 0.29) is 5.56 Å². The van der Waals surface area contributed by atoms with Crippen molar-refractivity contribution in [2.24, 2.45) is 0 Å². The summed E-state index contributed by atoms with van der Waals surface area (Å²) in [6.45, 7) is 3.07. The molecule has 0 spiro atoms. The van der Waals surface area contributed by atoms with E-state index < -0.39 is 36.1 Å². The van der Waals surface area contributed by atoms with Gasteiger partial charge in [0.05, 0.1) is 5.57 Å². The number of rotatable bonds is 4. The van der Waals surface area contributed by atoms with Crippen LogP contribution in [-0.2, 0) is 9.53 Å². The summed E-state index contributed by atoms with van der Waals surface area (Å²) >= 11 is 0. The van der Waals surface area contributed by atoms with Crippen LogP contribution in [0, 0.1) is 0 Å². The average molecular weight is 378 g/mol. The van der Waals surface area contributed by atoms with Crippen LogP contribution in [0.1, 0.15) is 11.7 Å². The van der Waals surface area contributed by atoms with Crippen LogP contribution in [0.2, 0.25) is 0 Å². The molecule has 0 bridgehead atoms.